The van der Waals surface area contributed by atoms with Crippen LogP contribution in [0.1, 0.15) is 12.5 Å². The summed E-state index contributed by atoms with van der Waals surface area (Å²) in [5, 5.41) is 11.2. The van der Waals surface area contributed by atoms with E-state index in [0.29, 0.717) is 0 Å². The summed E-state index contributed by atoms with van der Waals surface area (Å²) in [7, 11) is -4.45. The molecule has 0 bridgehead atoms. The Morgan fingerprint density at radius 1 is 1.00 bits per heavy atom. The smallest absolute Gasteiger partial charge is 0.326 e. The van der Waals surface area contributed by atoms with Crippen LogP contribution in [0.2, 0.25) is 0 Å². The summed E-state index contributed by atoms with van der Waals surface area (Å²) in [6.07, 6.45) is -0.552. The number of carbonyl (C=O) groups is 2. The molecule has 0 heterocycles. The van der Waals surface area contributed by atoms with E-state index in [2.05, 4.69) is 5.32 Å². The molecule has 1 amide bonds. The van der Waals surface area contributed by atoms with E-state index in [1.54, 1.807) is 12.1 Å². The van der Waals surface area contributed by atoms with Crippen LogP contribution >= 0.6 is 7.60 Å². The van der Waals surface area contributed by atoms with Gasteiger partial charge in [-0.2, -0.15) is 0 Å². The molecule has 27 heavy (non-hydrogen) atoms. The van der Waals surface area contributed by atoms with E-state index in [1.807, 2.05) is 42.5 Å². The Morgan fingerprint density at radius 3 is 2.07 bits per heavy atom. The van der Waals surface area contributed by atoms with Gasteiger partial charge in [-0.25, -0.2) is 0 Å². The number of hydrogen-bond acceptors (Lipinski definition) is 3. The van der Waals surface area contributed by atoms with Gasteiger partial charge in [0, 0.05) is 0 Å². The third-order valence-corrected chi connectivity index (χ3v) is 5.02. The number of carboxylic acid groups (broad SMARTS) is 1. The quantitative estimate of drug-likeness (QED) is 0.512. The van der Waals surface area contributed by atoms with Gasteiger partial charge in [0.15, 0.2) is 0 Å². The van der Waals surface area contributed by atoms with Gasteiger partial charge in [0.05, 0.1) is 12.1 Å². The second kappa shape index (κ2) is 8.95. The van der Waals surface area contributed by atoms with Crippen molar-refractivity contribution in [2.75, 3.05) is 6.16 Å². The standard InChI is InChI=1S/C19H22NO6P/c1-13(19(22)23)20-18(21)17(12-27(24,25)26)11-14-7-9-16(10-8-14)15-5-3-2-4-6-15/h2-10,13,17H,11-12H2,1H3,(H,20,21)(H,22,23)(H2,24,25,26)/t13-,17?/m0/s1. The molecule has 2 rings (SSSR count). The van der Waals surface area contributed by atoms with Gasteiger partial charge >= 0.3 is 13.6 Å². The van der Waals surface area contributed by atoms with Crippen LogP contribution in [0.4, 0.5) is 0 Å². The molecule has 0 aliphatic rings. The van der Waals surface area contributed by atoms with Crippen molar-refractivity contribution >= 4 is 19.5 Å². The maximum Gasteiger partial charge on any atom is 0.326 e. The van der Waals surface area contributed by atoms with Crippen molar-refractivity contribution in [3.63, 3.8) is 0 Å². The van der Waals surface area contributed by atoms with Gasteiger partial charge in [-0.15, -0.1) is 0 Å². The SMILES string of the molecule is C[C@H](NC(=O)C(Cc1ccc(-c2ccccc2)cc1)CP(=O)(O)O)C(=O)O. The number of aliphatic carboxylic acids is 1. The molecule has 0 fully saturated rings. The molecule has 4 N–H and O–H groups in total. The molecule has 2 aromatic carbocycles. The topological polar surface area (TPSA) is 124 Å². The number of carbonyl (C=O) groups excluding carboxylic acids is 1. The van der Waals surface area contributed by atoms with Crippen molar-refractivity contribution in [3.05, 3.63) is 60.2 Å². The monoisotopic (exact) mass is 391 g/mol. The van der Waals surface area contributed by atoms with Crippen LogP contribution in [-0.2, 0) is 20.6 Å². The molecule has 0 radical (unpaired) electrons. The fourth-order valence-electron chi connectivity index (χ4n) is 2.67. The zero-order valence-corrected chi connectivity index (χ0v) is 15.7. The number of hydrogen-bond donors (Lipinski definition) is 4. The molecule has 0 aliphatic carbocycles. The molecule has 0 saturated carbocycles. The van der Waals surface area contributed by atoms with E-state index in [-0.39, 0.29) is 6.42 Å². The minimum absolute atomic E-state index is 0.0956. The van der Waals surface area contributed by atoms with Crippen molar-refractivity contribution in [3.8, 4) is 11.1 Å². The number of amides is 1. The highest BCUT2D eigenvalue weighted by Crippen LogP contribution is 2.38. The molecule has 2 atom stereocenters. The lowest BCUT2D eigenvalue weighted by molar-refractivity contribution is -0.141. The zero-order valence-electron chi connectivity index (χ0n) is 14.8. The summed E-state index contributed by atoms with van der Waals surface area (Å²) in [4.78, 5) is 41.7. The van der Waals surface area contributed by atoms with Crippen LogP contribution in [0.5, 0.6) is 0 Å². The number of nitrogens with one attached hydrogen (secondary N) is 1. The van der Waals surface area contributed by atoms with Crippen molar-refractivity contribution in [1.82, 2.24) is 5.32 Å². The normalized spacial score (nSPS) is 13.6. The molecule has 0 spiro atoms. The maximum atomic E-state index is 12.3. The Bertz CT molecular complexity index is 831. The van der Waals surface area contributed by atoms with Gasteiger partial charge in [0.25, 0.3) is 0 Å². The first kappa shape index (κ1) is 20.8. The highest BCUT2D eigenvalue weighted by atomic mass is 31.2. The van der Waals surface area contributed by atoms with E-state index in [1.165, 1.54) is 6.92 Å². The highest BCUT2D eigenvalue weighted by Gasteiger charge is 2.29. The van der Waals surface area contributed by atoms with E-state index in [0.717, 1.165) is 16.7 Å². The van der Waals surface area contributed by atoms with Crippen LogP contribution < -0.4 is 5.32 Å². The van der Waals surface area contributed by atoms with Crippen molar-refractivity contribution in [2.45, 2.75) is 19.4 Å². The van der Waals surface area contributed by atoms with Gasteiger partial charge < -0.3 is 20.2 Å². The number of rotatable bonds is 8. The second-order valence-electron chi connectivity index (χ2n) is 6.38. The summed E-state index contributed by atoms with van der Waals surface area (Å²) in [6, 6.07) is 15.9. The van der Waals surface area contributed by atoms with Gasteiger partial charge in [0.2, 0.25) is 5.91 Å². The molecule has 0 saturated heterocycles. The minimum Gasteiger partial charge on any atom is -0.480 e. The Morgan fingerprint density at radius 2 is 1.56 bits per heavy atom. The lowest BCUT2D eigenvalue weighted by Gasteiger charge is -2.19. The molecule has 7 nitrogen and oxygen atoms in total. The van der Waals surface area contributed by atoms with Crippen LogP contribution in [0.3, 0.4) is 0 Å². The molecular formula is C19H22NO6P. The van der Waals surface area contributed by atoms with E-state index in [9.17, 15) is 23.9 Å². The Kier molecular flexibility index (Phi) is 6.91. The number of benzene rings is 2. The summed E-state index contributed by atoms with van der Waals surface area (Å²) < 4.78 is 11.4. The Balaban J connectivity index is 2.15. The van der Waals surface area contributed by atoms with Gasteiger partial charge in [-0.3, -0.25) is 14.2 Å². The lowest BCUT2D eigenvalue weighted by atomic mass is 9.97. The van der Waals surface area contributed by atoms with Gasteiger partial charge in [-0.05, 0) is 30.0 Å². The van der Waals surface area contributed by atoms with Crippen molar-refractivity contribution in [1.29, 1.82) is 0 Å². The molecule has 2 aromatic rings. The molecule has 0 aliphatic heterocycles. The van der Waals surface area contributed by atoms with E-state index >= 15 is 0 Å². The first-order valence-electron chi connectivity index (χ1n) is 8.38. The summed E-state index contributed by atoms with van der Waals surface area (Å²) in [5.74, 6) is -2.94. The summed E-state index contributed by atoms with van der Waals surface area (Å²) in [6.45, 7) is 1.30. The van der Waals surface area contributed by atoms with Crippen LogP contribution in [-0.4, -0.2) is 39.0 Å². The first-order valence-corrected chi connectivity index (χ1v) is 10.2. The van der Waals surface area contributed by atoms with Gasteiger partial charge in [-0.1, -0.05) is 54.6 Å². The third-order valence-electron chi connectivity index (χ3n) is 4.10. The average molecular weight is 391 g/mol. The van der Waals surface area contributed by atoms with Gasteiger partial charge in [0.1, 0.15) is 6.04 Å². The maximum absolute atomic E-state index is 12.3. The van der Waals surface area contributed by atoms with Crippen molar-refractivity contribution < 1.29 is 29.0 Å². The molecular weight excluding hydrogens is 369 g/mol. The van der Waals surface area contributed by atoms with E-state index < -0.39 is 37.6 Å². The fourth-order valence-corrected chi connectivity index (χ4v) is 3.54. The second-order valence-corrected chi connectivity index (χ2v) is 8.07. The van der Waals surface area contributed by atoms with Crippen LogP contribution in [0.25, 0.3) is 11.1 Å². The molecule has 144 valence electrons. The Labute approximate surface area is 157 Å². The average Bonchev–Trinajstić information content (AvgIpc) is 2.61. The summed E-state index contributed by atoms with van der Waals surface area (Å²) in [5.41, 5.74) is 2.74. The lowest BCUT2D eigenvalue weighted by Crippen LogP contribution is -2.43. The Hall–Kier alpha value is -2.47. The molecule has 8 heteroatoms. The largest absolute Gasteiger partial charge is 0.480 e. The third kappa shape index (κ3) is 6.64. The van der Waals surface area contributed by atoms with E-state index in [4.69, 9.17) is 5.11 Å². The molecule has 0 aromatic heterocycles. The molecule has 1 unspecified atom stereocenters. The highest BCUT2D eigenvalue weighted by molar-refractivity contribution is 7.51. The predicted octanol–water partition coefficient (Wildman–Crippen LogP) is 2.28. The first-order chi connectivity index (χ1) is 12.7. The fraction of sp³-hybridized carbons (Fsp3) is 0.263. The zero-order chi connectivity index (χ0) is 20.0. The van der Waals surface area contributed by atoms with Crippen LogP contribution in [0, 0.1) is 5.92 Å². The minimum atomic E-state index is -4.45. The number of carboxylic acids is 1. The van der Waals surface area contributed by atoms with Crippen molar-refractivity contribution in [2.24, 2.45) is 5.92 Å². The summed E-state index contributed by atoms with van der Waals surface area (Å²) >= 11 is 0. The van der Waals surface area contributed by atoms with Crippen LogP contribution in [0.15, 0.2) is 54.6 Å². The predicted molar refractivity (Wildman–Crippen MR) is 101 cm³/mol.